The Bertz CT molecular complexity index is 956. The molecule has 0 radical (unpaired) electrons. The van der Waals surface area contributed by atoms with E-state index >= 15 is 0 Å². The predicted octanol–water partition coefficient (Wildman–Crippen LogP) is 5.82. The molecule has 1 amide bonds. The molecule has 0 aliphatic heterocycles. The zero-order chi connectivity index (χ0) is 19.6. The number of hydrogen-bond acceptors (Lipinski definition) is 4. The lowest BCUT2D eigenvalue weighted by Crippen LogP contribution is -2.32. The summed E-state index contributed by atoms with van der Waals surface area (Å²) in [6.45, 7) is 5.68. The van der Waals surface area contributed by atoms with Crippen molar-refractivity contribution in [2.24, 2.45) is 0 Å². The maximum atomic E-state index is 11.8. The van der Waals surface area contributed by atoms with E-state index in [2.05, 4.69) is 10.6 Å². The Hall–Kier alpha value is -2.66. The average Bonchev–Trinajstić information content (AvgIpc) is 3.02. The van der Waals surface area contributed by atoms with Gasteiger partial charge in [0, 0.05) is 18.1 Å². The predicted molar refractivity (Wildman–Crippen MR) is 109 cm³/mol. The number of rotatable bonds is 4. The number of carbonyl (C=O) groups excluding carboxylic acids is 1. The van der Waals surface area contributed by atoms with Crippen LogP contribution in [0.5, 0.6) is 0 Å². The van der Waals surface area contributed by atoms with Crippen LogP contribution < -0.4 is 10.6 Å². The van der Waals surface area contributed by atoms with Crippen LogP contribution in [0.2, 0.25) is 5.02 Å². The minimum atomic E-state index is -0.543. The zero-order valence-electron chi connectivity index (χ0n) is 15.9. The fourth-order valence-electron chi connectivity index (χ4n) is 2.72. The standard InChI is InChI=1S/C21H23ClN2O3/c1-21(2,3)27-20(25)24-12-17-10-15-9-14(11-18(22)19(15)26-17)13-5-7-16(23-4)8-6-13/h5-11,23H,12H2,1-4H3,(H,24,25). The van der Waals surface area contributed by atoms with Crippen molar-refractivity contribution < 1.29 is 13.9 Å². The fourth-order valence-corrected chi connectivity index (χ4v) is 2.99. The number of furan rings is 1. The Morgan fingerprint density at radius 3 is 2.44 bits per heavy atom. The molecule has 6 heteroatoms. The third kappa shape index (κ3) is 4.74. The number of amides is 1. The molecule has 0 atom stereocenters. The van der Waals surface area contributed by atoms with Gasteiger partial charge < -0.3 is 19.8 Å². The first-order valence-corrected chi connectivity index (χ1v) is 9.10. The highest BCUT2D eigenvalue weighted by Gasteiger charge is 2.17. The number of anilines is 1. The van der Waals surface area contributed by atoms with E-state index in [0.29, 0.717) is 16.4 Å². The van der Waals surface area contributed by atoms with Gasteiger partial charge in [-0.1, -0.05) is 23.7 Å². The number of hydrogen-bond donors (Lipinski definition) is 2. The van der Waals surface area contributed by atoms with Crippen molar-refractivity contribution in [3.05, 3.63) is 53.2 Å². The van der Waals surface area contributed by atoms with Gasteiger partial charge >= 0.3 is 6.09 Å². The lowest BCUT2D eigenvalue weighted by Gasteiger charge is -2.19. The fraction of sp³-hybridized carbons (Fsp3) is 0.286. The Morgan fingerprint density at radius 1 is 1.11 bits per heavy atom. The van der Waals surface area contributed by atoms with Gasteiger partial charge in [-0.3, -0.25) is 0 Å². The van der Waals surface area contributed by atoms with Gasteiger partial charge in [0.2, 0.25) is 0 Å². The highest BCUT2D eigenvalue weighted by molar-refractivity contribution is 6.35. The number of ether oxygens (including phenoxy) is 1. The topological polar surface area (TPSA) is 63.5 Å². The van der Waals surface area contributed by atoms with Gasteiger partial charge in [0.05, 0.1) is 11.6 Å². The first-order valence-electron chi connectivity index (χ1n) is 8.72. The summed E-state index contributed by atoms with van der Waals surface area (Å²) in [4.78, 5) is 11.8. The lowest BCUT2D eigenvalue weighted by molar-refractivity contribution is 0.0520. The van der Waals surface area contributed by atoms with Crippen molar-refractivity contribution in [3.8, 4) is 11.1 Å². The number of alkyl carbamates (subject to hydrolysis) is 1. The van der Waals surface area contributed by atoms with Crippen LogP contribution in [0, 0.1) is 0 Å². The van der Waals surface area contributed by atoms with Crippen molar-refractivity contribution in [2.75, 3.05) is 12.4 Å². The highest BCUT2D eigenvalue weighted by atomic mass is 35.5. The first kappa shape index (κ1) is 19.1. The molecule has 1 heterocycles. The molecular formula is C21H23ClN2O3. The molecule has 142 valence electrons. The molecule has 27 heavy (non-hydrogen) atoms. The van der Waals surface area contributed by atoms with E-state index in [-0.39, 0.29) is 6.54 Å². The van der Waals surface area contributed by atoms with Crippen molar-refractivity contribution in [1.29, 1.82) is 0 Å². The van der Waals surface area contributed by atoms with Crippen LogP contribution in [0.3, 0.4) is 0 Å². The van der Waals surface area contributed by atoms with Crippen LogP contribution in [0.4, 0.5) is 10.5 Å². The van der Waals surface area contributed by atoms with Gasteiger partial charge in [0.25, 0.3) is 0 Å². The van der Waals surface area contributed by atoms with Crippen LogP contribution in [0.25, 0.3) is 22.1 Å². The van der Waals surface area contributed by atoms with E-state index in [0.717, 1.165) is 22.2 Å². The molecule has 0 saturated heterocycles. The Balaban J connectivity index is 1.80. The van der Waals surface area contributed by atoms with Gasteiger partial charge in [0.1, 0.15) is 11.4 Å². The summed E-state index contributed by atoms with van der Waals surface area (Å²) < 4.78 is 11.0. The molecule has 3 aromatic rings. The van der Waals surface area contributed by atoms with E-state index in [1.807, 2.05) is 70.3 Å². The van der Waals surface area contributed by atoms with Crippen LogP contribution >= 0.6 is 11.6 Å². The van der Waals surface area contributed by atoms with Gasteiger partial charge in [-0.2, -0.15) is 0 Å². The third-order valence-electron chi connectivity index (χ3n) is 3.93. The number of benzene rings is 2. The monoisotopic (exact) mass is 386 g/mol. The lowest BCUT2D eigenvalue weighted by atomic mass is 10.0. The molecule has 0 bridgehead atoms. The number of halogens is 1. The Kier molecular flexibility index (Phi) is 5.33. The van der Waals surface area contributed by atoms with Crippen molar-refractivity contribution in [2.45, 2.75) is 32.9 Å². The van der Waals surface area contributed by atoms with Crippen molar-refractivity contribution in [1.82, 2.24) is 5.32 Å². The molecule has 2 N–H and O–H groups in total. The molecule has 0 saturated carbocycles. The number of fused-ring (bicyclic) bond motifs is 1. The minimum absolute atomic E-state index is 0.228. The third-order valence-corrected chi connectivity index (χ3v) is 4.22. The highest BCUT2D eigenvalue weighted by Crippen LogP contribution is 2.33. The molecule has 0 fully saturated rings. The van der Waals surface area contributed by atoms with Crippen molar-refractivity contribution >= 4 is 34.4 Å². The summed E-state index contributed by atoms with van der Waals surface area (Å²) in [5, 5.41) is 7.21. The van der Waals surface area contributed by atoms with E-state index in [1.165, 1.54) is 0 Å². The largest absolute Gasteiger partial charge is 0.458 e. The smallest absolute Gasteiger partial charge is 0.408 e. The van der Waals surface area contributed by atoms with E-state index in [4.69, 9.17) is 20.8 Å². The molecule has 0 spiro atoms. The van der Waals surface area contributed by atoms with Crippen molar-refractivity contribution in [3.63, 3.8) is 0 Å². The maximum absolute atomic E-state index is 11.8. The van der Waals surface area contributed by atoms with Gasteiger partial charge in [-0.15, -0.1) is 0 Å². The van der Waals surface area contributed by atoms with E-state index in [1.54, 1.807) is 0 Å². The Morgan fingerprint density at radius 2 is 1.81 bits per heavy atom. The van der Waals surface area contributed by atoms with Crippen LogP contribution in [0.15, 0.2) is 46.9 Å². The first-order chi connectivity index (χ1) is 12.7. The number of carbonyl (C=O) groups is 1. The second-order valence-electron chi connectivity index (χ2n) is 7.27. The van der Waals surface area contributed by atoms with Gasteiger partial charge in [0.15, 0.2) is 5.58 Å². The summed E-state index contributed by atoms with van der Waals surface area (Å²) >= 11 is 6.42. The molecular weight excluding hydrogens is 364 g/mol. The molecule has 2 aromatic carbocycles. The second-order valence-corrected chi connectivity index (χ2v) is 7.68. The zero-order valence-corrected chi connectivity index (χ0v) is 16.6. The molecule has 0 aliphatic rings. The van der Waals surface area contributed by atoms with E-state index < -0.39 is 11.7 Å². The summed E-state index contributed by atoms with van der Waals surface area (Å²) in [7, 11) is 1.89. The molecule has 3 rings (SSSR count). The van der Waals surface area contributed by atoms with E-state index in [9.17, 15) is 4.79 Å². The van der Waals surface area contributed by atoms with Gasteiger partial charge in [-0.05, 0) is 62.2 Å². The SMILES string of the molecule is CNc1ccc(-c2cc(Cl)c3oc(CNC(=O)OC(C)(C)C)cc3c2)cc1. The second kappa shape index (κ2) is 7.53. The average molecular weight is 387 g/mol. The normalized spacial score (nSPS) is 11.4. The Labute approximate surface area is 163 Å². The summed E-state index contributed by atoms with van der Waals surface area (Å²) in [5.41, 5.74) is 3.17. The molecule has 0 aliphatic carbocycles. The molecule has 0 unspecified atom stereocenters. The molecule has 5 nitrogen and oxygen atoms in total. The van der Waals surface area contributed by atoms with Gasteiger partial charge in [-0.25, -0.2) is 4.79 Å². The quantitative estimate of drug-likeness (QED) is 0.593. The summed E-state index contributed by atoms with van der Waals surface area (Å²) in [6.07, 6.45) is -0.487. The maximum Gasteiger partial charge on any atom is 0.408 e. The van der Waals surface area contributed by atoms with Crippen LogP contribution in [0.1, 0.15) is 26.5 Å². The van der Waals surface area contributed by atoms with Crippen LogP contribution in [-0.4, -0.2) is 18.7 Å². The minimum Gasteiger partial charge on any atom is -0.458 e. The summed E-state index contributed by atoms with van der Waals surface area (Å²) in [5.74, 6) is 0.612. The molecule has 1 aromatic heterocycles. The summed E-state index contributed by atoms with van der Waals surface area (Å²) in [6, 6.07) is 13.9. The number of nitrogens with one attached hydrogen (secondary N) is 2. The van der Waals surface area contributed by atoms with Crippen LogP contribution in [-0.2, 0) is 11.3 Å².